The zero-order valence-corrected chi connectivity index (χ0v) is 11.8. The molecule has 2 unspecified atom stereocenters. The van der Waals surface area contributed by atoms with E-state index >= 15 is 0 Å². The third-order valence-electron chi connectivity index (χ3n) is 5.05. The summed E-state index contributed by atoms with van der Waals surface area (Å²) in [5.74, 6) is 0.0942. The molecular formula is C16H23FN2O. The lowest BCUT2D eigenvalue weighted by Gasteiger charge is -2.48. The van der Waals surface area contributed by atoms with Crippen LogP contribution in [0.15, 0.2) is 18.2 Å². The molecule has 0 amide bonds. The maximum absolute atomic E-state index is 13.9. The van der Waals surface area contributed by atoms with E-state index in [-0.39, 0.29) is 12.4 Å². The van der Waals surface area contributed by atoms with Gasteiger partial charge in [0.15, 0.2) is 0 Å². The molecule has 1 aliphatic heterocycles. The van der Waals surface area contributed by atoms with Gasteiger partial charge in [-0.15, -0.1) is 0 Å². The van der Waals surface area contributed by atoms with Crippen LogP contribution in [0, 0.1) is 11.7 Å². The Morgan fingerprint density at radius 2 is 2.20 bits per heavy atom. The van der Waals surface area contributed by atoms with E-state index in [0.29, 0.717) is 11.5 Å². The summed E-state index contributed by atoms with van der Waals surface area (Å²) in [5, 5.41) is 10.7. The molecule has 110 valence electrons. The van der Waals surface area contributed by atoms with Crippen molar-refractivity contribution in [2.45, 2.75) is 44.2 Å². The highest BCUT2D eigenvalue weighted by Gasteiger charge is 2.42. The number of rotatable bonds is 2. The van der Waals surface area contributed by atoms with Gasteiger partial charge in [-0.1, -0.05) is 18.9 Å². The van der Waals surface area contributed by atoms with Crippen molar-refractivity contribution in [2.75, 3.05) is 18.0 Å². The SMILES string of the molecule is NCc1ccc(N2CCC3(O)CCCCC3C2)cc1F. The number of hydrogen-bond donors (Lipinski definition) is 2. The first-order chi connectivity index (χ1) is 9.62. The average molecular weight is 278 g/mol. The maximum Gasteiger partial charge on any atom is 0.129 e. The standard InChI is InChI=1S/C16H23FN2O/c17-15-9-14(5-4-12(15)10-18)19-8-7-16(20)6-2-1-3-13(16)11-19/h4-5,9,13,20H,1-3,6-8,10-11,18H2. The molecule has 2 atom stereocenters. The van der Waals surface area contributed by atoms with Crippen molar-refractivity contribution in [1.29, 1.82) is 0 Å². The highest BCUT2D eigenvalue weighted by atomic mass is 19.1. The van der Waals surface area contributed by atoms with E-state index in [1.54, 1.807) is 12.1 Å². The molecule has 0 radical (unpaired) electrons. The molecule has 0 spiro atoms. The predicted octanol–water partition coefficient (Wildman–Crippen LogP) is 2.42. The van der Waals surface area contributed by atoms with Gasteiger partial charge >= 0.3 is 0 Å². The van der Waals surface area contributed by atoms with Crippen LogP contribution < -0.4 is 10.6 Å². The first-order valence-corrected chi connectivity index (χ1v) is 7.58. The molecule has 1 aliphatic carbocycles. The Kier molecular flexibility index (Phi) is 3.69. The van der Waals surface area contributed by atoms with E-state index in [1.165, 1.54) is 6.42 Å². The van der Waals surface area contributed by atoms with Gasteiger partial charge in [0.2, 0.25) is 0 Å². The van der Waals surface area contributed by atoms with Gasteiger partial charge in [0.05, 0.1) is 5.60 Å². The van der Waals surface area contributed by atoms with Crippen LogP contribution in [0.25, 0.3) is 0 Å². The molecule has 0 aromatic heterocycles. The molecule has 1 saturated heterocycles. The summed E-state index contributed by atoms with van der Waals surface area (Å²) < 4.78 is 13.9. The van der Waals surface area contributed by atoms with Crippen LogP contribution in [0.3, 0.4) is 0 Å². The highest BCUT2D eigenvalue weighted by Crippen LogP contribution is 2.40. The van der Waals surface area contributed by atoms with Crippen molar-refractivity contribution >= 4 is 5.69 Å². The molecule has 1 saturated carbocycles. The van der Waals surface area contributed by atoms with E-state index in [1.807, 2.05) is 6.07 Å². The Balaban J connectivity index is 1.77. The molecule has 1 aromatic rings. The second-order valence-corrected chi connectivity index (χ2v) is 6.22. The summed E-state index contributed by atoms with van der Waals surface area (Å²) in [4.78, 5) is 2.20. The predicted molar refractivity (Wildman–Crippen MR) is 78.0 cm³/mol. The van der Waals surface area contributed by atoms with Gasteiger partial charge in [-0.2, -0.15) is 0 Å². The number of aliphatic hydroxyl groups is 1. The van der Waals surface area contributed by atoms with E-state index in [0.717, 1.165) is 44.5 Å². The van der Waals surface area contributed by atoms with Crippen LogP contribution >= 0.6 is 0 Å². The fourth-order valence-corrected chi connectivity index (χ4v) is 3.70. The van der Waals surface area contributed by atoms with Crippen LogP contribution in [-0.4, -0.2) is 23.8 Å². The van der Waals surface area contributed by atoms with Crippen LogP contribution in [0.2, 0.25) is 0 Å². The van der Waals surface area contributed by atoms with Gasteiger partial charge in [0.1, 0.15) is 5.82 Å². The number of piperidine rings is 1. The molecule has 2 fully saturated rings. The number of halogens is 1. The number of nitrogens with two attached hydrogens (primary N) is 1. The van der Waals surface area contributed by atoms with Crippen molar-refractivity contribution in [3.63, 3.8) is 0 Å². The Bertz CT molecular complexity index is 493. The highest BCUT2D eigenvalue weighted by molar-refractivity contribution is 5.49. The van der Waals surface area contributed by atoms with Crippen LogP contribution in [-0.2, 0) is 6.54 Å². The Morgan fingerprint density at radius 3 is 2.95 bits per heavy atom. The molecule has 1 aromatic carbocycles. The van der Waals surface area contributed by atoms with Gasteiger partial charge in [-0.25, -0.2) is 4.39 Å². The number of nitrogens with zero attached hydrogens (tertiary/aromatic N) is 1. The van der Waals surface area contributed by atoms with Crippen LogP contribution in [0.4, 0.5) is 10.1 Å². The summed E-state index contributed by atoms with van der Waals surface area (Å²) in [6, 6.07) is 5.29. The van der Waals surface area contributed by atoms with Gasteiger partial charge < -0.3 is 15.7 Å². The van der Waals surface area contributed by atoms with Gasteiger partial charge in [-0.05, 0) is 31.4 Å². The third-order valence-corrected chi connectivity index (χ3v) is 5.05. The fraction of sp³-hybridized carbons (Fsp3) is 0.625. The molecule has 20 heavy (non-hydrogen) atoms. The van der Waals surface area contributed by atoms with E-state index in [9.17, 15) is 9.50 Å². The molecule has 4 heteroatoms. The Labute approximate surface area is 119 Å². The summed E-state index contributed by atoms with van der Waals surface area (Å²) in [6.45, 7) is 1.86. The van der Waals surface area contributed by atoms with Crippen molar-refractivity contribution in [3.05, 3.63) is 29.6 Å². The minimum absolute atomic E-state index is 0.227. The largest absolute Gasteiger partial charge is 0.389 e. The van der Waals surface area contributed by atoms with Crippen LogP contribution in [0.5, 0.6) is 0 Å². The van der Waals surface area contributed by atoms with E-state index in [2.05, 4.69) is 4.90 Å². The minimum Gasteiger partial charge on any atom is -0.389 e. The molecular weight excluding hydrogens is 255 g/mol. The molecule has 3 rings (SSSR count). The second kappa shape index (κ2) is 5.34. The quantitative estimate of drug-likeness (QED) is 0.873. The summed E-state index contributed by atoms with van der Waals surface area (Å²) in [6.07, 6.45) is 5.12. The normalized spacial score (nSPS) is 30.1. The first kappa shape index (κ1) is 13.8. The fourth-order valence-electron chi connectivity index (χ4n) is 3.70. The van der Waals surface area contributed by atoms with Crippen molar-refractivity contribution in [1.82, 2.24) is 0 Å². The van der Waals surface area contributed by atoms with Crippen molar-refractivity contribution in [3.8, 4) is 0 Å². The first-order valence-electron chi connectivity index (χ1n) is 7.58. The van der Waals surface area contributed by atoms with Gasteiger partial charge in [-0.3, -0.25) is 0 Å². The lowest BCUT2D eigenvalue weighted by Crippen LogP contribution is -2.53. The molecule has 3 N–H and O–H groups in total. The zero-order valence-electron chi connectivity index (χ0n) is 11.8. The Hall–Kier alpha value is -1.13. The van der Waals surface area contributed by atoms with Crippen molar-refractivity contribution in [2.24, 2.45) is 11.7 Å². The Morgan fingerprint density at radius 1 is 1.35 bits per heavy atom. The minimum atomic E-state index is -0.482. The molecule has 1 heterocycles. The maximum atomic E-state index is 13.9. The van der Waals surface area contributed by atoms with Crippen molar-refractivity contribution < 1.29 is 9.50 Å². The number of fused-ring (bicyclic) bond motifs is 1. The number of hydrogen-bond acceptors (Lipinski definition) is 3. The van der Waals surface area contributed by atoms with Crippen LogP contribution in [0.1, 0.15) is 37.7 Å². The summed E-state index contributed by atoms with van der Waals surface area (Å²) >= 11 is 0. The monoisotopic (exact) mass is 278 g/mol. The summed E-state index contributed by atoms with van der Waals surface area (Å²) in [5.41, 5.74) is 6.48. The summed E-state index contributed by atoms with van der Waals surface area (Å²) in [7, 11) is 0. The smallest absolute Gasteiger partial charge is 0.129 e. The molecule has 3 nitrogen and oxygen atoms in total. The molecule has 2 aliphatic rings. The van der Waals surface area contributed by atoms with E-state index in [4.69, 9.17) is 5.73 Å². The molecule has 0 bridgehead atoms. The zero-order chi connectivity index (χ0) is 14.2. The second-order valence-electron chi connectivity index (χ2n) is 6.22. The topological polar surface area (TPSA) is 49.5 Å². The number of anilines is 1. The lowest BCUT2D eigenvalue weighted by molar-refractivity contribution is -0.0612. The average Bonchev–Trinajstić information content (AvgIpc) is 2.46. The van der Waals surface area contributed by atoms with Gasteiger partial charge in [0, 0.05) is 36.8 Å². The van der Waals surface area contributed by atoms with E-state index < -0.39 is 5.60 Å². The van der Waals surface area contributed by atoms with Gasteiger partial charge in [0.25, 0.3) is 0 Å². The number of benzene rings is 1. The lowest BCUT2D eigenvalue weighted by atomic mass is 9.71. The third kappa shape index (κ3) is 2.42.